The molecule has 0 spiro atoms. The maximum atomic E-state index is 12.8. The highest BCUT2D eigenvalue weighted by atomic mass is 32.2. The summed E-state index contributed by atoms with van der Waals surface area (Å²) in [6, 6.07) is 15.4. The fourth-order valence-electron chi connectivity index (χ4n) is 3.87. The Hall–Kier alpha value is -2.38. The SMILES string of the molecule is O=C(CSc1ccccc1C(=O)NCc1nc2ccccc2s1)NCC1CCCCC1. The molecule has 1 aliphatic carbocycles. The number of thioether (sulfide) groups is 1. The van der Waals surface area contributed by atoms with Crippen LogP contribution in [-0.2, 0) is 11.3 Å². The number of hydrogen-bond acceptors (Lipinski definition) is 5. The van der Waals surface area contributed by atoms with E-state index in [-0.39, 0.29) is 11.8 Å². The van der Waals surface area contributed by atoms with Gasteiger partial charge in [-0.15, -0.1) is 23.1 Å². The number of nitrogens with zero attached hydrogens (tertiary/aromatic N) is 1. The molecule has 0 unspecified atom stereocenters. The molecule has 1 aromatic heterocycles. The molecule has 2 N–H and O–H groups in total. The van der Waals surface area contributed by atoms with Crippen molar-refractivity contribution in [2.45, 2.75) is 43.5 Å². The van der Waals surface area contributed by atoms with Crippen LogP contribution in [0.3, 0.4) is 0 Å². The average molecular weight is 454 g/mol. The fraction of sp³-hybridized carbons (Fsp3) is 0.375. The number of rotatable bonds is 8. The third-order valence-electron chi connectivity index (χ3n) is 5.54. The van der Waals surface area contributed by atoms with E-state index >= 15 is 0 Å². The number of benzene rings is 2. The summed E-state index contributed by atoms with van der Waals surface area (Å²) in [5.41, 5.74) is 1.54. The van der Waals surface area contributed by atoms with Crippen LogP contribution < -0.4 is 10.6 Å². The first-order valence-electron chi connectivity index (χ1n) is 10.8. The predicted octanol–water partition coefficient (Wildman–Crippen LogP) is 5.01. The molecule has 0 atom stereocenters. The summed E-state index contributed by atoms with van der Waals surface area (Å²) in [7, 11) is 0. The first-order chi connectivity index (χ1) is 15.2. The van der Waals surface area contributed by atoms with E-state index in [1.54, 1.807) is 17.4 Å². The Kier molecular flexibility index (Phi) is 7.59. The third-order valence-corrected chi connectivity index (χ3v) is 7.65. The van der Waals surface area contributed by atoms with Gasteiger partial charge in [-0.3, -0.25) is 9.59 Å². The van der Waals surface area contributed by atoms with E-state index in [0.29, 0.717) is 23.8 Å². The van der Waals surface area contributed by atoms with Crippen molar-refractivity contribution >= 4 is 45.1 Å². The van der Waals surface area contributed by atoms with Gasteiger partial charge in [-0.05, 0) is 43.0 Å². The molecular formula is C24H27N3O2S2. The molecule has 2 aromatic carbocycles. The van der Waals surface area contributed by atoms with Gasteiger partial charge in [-0.1, -0.05) is 43.5 Å². The lowest BCUT2D eigenvalue weighted by atomic mass is 9.89. The Balaban J connectivity index is 1.29. The number of carbonyl (C=O) groups excluding carboxylic acids is 2. The van der Waals surface area contributed by atoms with Gasteiger partial charge >= 0.3 is 0 Å². The van der Waals surface area contributed by atoms with E-state index in [0.717, 1.165) is 26.7 Å². The Morgan fingerprint density at radius 3 is 2.61 bits per heavy atom. The van der Waals surface area contributed by atoms with Gasteiger partial charge in [-0.2, -0.15) is 0 Å². The van der Waals surface area contributed by atoms with Crippen molar-refractivity contribution in [2.24, 2.45) is 5.92 Å². The third kappa shape index (κ3) is 6.08. The second-order valence-corrected chi connectivity index (χ2v) is 9.98. The number of nitrogens with one attached hydrogen (secondary N) is 2. The van der Waals surface area contributed by atoms with E-state index in [2.05, 4.69) is 15.6 Å². The van der Waals surface area contributed by atoms with E-state index in [4.69, 9.17) is 0 Å². The predicted molar refractivity (Wildman–Crippen MR) is 128 cm³/mol. The Bertz CT molecular complexity index is 1010. The van der Waals surface area contributed by atoms with Gasteiger partial charge in [0.1, 0.15) is 5.01 Å². The molecule has 0 aliphatic heterocycles. The molecule has 7 heteroatoms. The minimum atomic E-state index is -0.148. The zero-order chi connectivity index (χ0) is 21.5. The zero-order valence-corrected chi connectivity index (χ0v) is 19.1. The number of thiazole rings is 1. The van der Waals surface area contributed by atoms with Crippen LogP contribution in [0.5, 0.6) is 0 Å². The number of para-hydroxylation sites is 1. The van der Waals surface area contributed by atoms with Crippen LogP contribution in [0.4, 0.5) is 0 Å². The van der Waals surface area contributed by atoms with Crippen LogP contribution in [-0.4, -0.2) is 29.1 Å². The number of amides is 2. The Labute approximate surface area is 191 Å². The fourth-order valence-corrected chi connectivity index (χ4v) is 5.66. The van der Waals surface area contributed by atoms with Gasteiger partial charge in [0, 0.05) is 11.4 Å². The first kappa shape index (κ1) is 21.8. The van der Waals surface area contributed by atoms with Gasteiger partial charge in [0.25, 0.3) is 5.91 Å². The standard InChI is InChI=1S/C24H27N3O2S2/c28-22(25-14-17-8-2-1-3-9-17)16-30-20-12-6-4-10-18(20)24(29)26-15-23-27-19-11-5-7-13-21(19)31-23/h4-7,10-13,17H,1-3,8-9,14-16H2,(H,25,28)(H,26,29). The lowest BCUT2D eigenvalue weighted by Gasteiger charge is -2.21. The van der Waals surface area contributed by atoms with E-state index in [1.807, 2.05) is 42.5 Å². The average Bonchev–Trinajstić information content (AvgIpc) is 3.24. The minimum absolute atomic E-state index is 0.0280. The highest BCUT2D eigenvalue weighted by molar-refractivity contribution is 8.00. The van der Waals surface area contributed by atoms with Gasteiger partial charge in [0.2, 0.25) is 5.91 Å². The summed E-state index contributed by atoms with van der Waals surface area (Å²) in [6.45, 7) is 1.16. The van der Waals surface area contributed by atoms with Crippen molar-refractivity contribution in [2.75, 3.05) is 12.3 Å². The second-order valence-electron chi connectivity index (χ2n) is 7.85. The maximum Gasteiger partial charge on any atom is 0.252 e. The minimum Gasteiger partial charge on any atom is -0.355 e. The summed E-state index contributed by atoms with van der Waals surface area (Å²) in [4.78, 5) is 30.5. The van der Waals surface area contributed by atoms with Crippen LogP contribution in [0.2, 0.25) is 0 Å². The number of fused-ring (bicyclic) bond motifs is 1. The summed E-state index contributed by atoms with van der Waals surface area (Å²) in [5.74, 6) is 0.808. The van der Waals surface area contributed by atoms with Crippen molar-refractivity contribution in [3.8, 4) is 0 Å². The monoisotopic (exact) mass is 453 g/mol. The lowest BCUT2D eigenvalue weighted by Crippen LogP contribution is -2.31. The van der Waals surface area contributed by atoms with Crippen molar-refractivity contribution < 1.29 is 9.59 Å². The molecule has 1 aliphatic rings. The molecule has 162 valence electrons. The molecule has 0 bridgehead atoms. The van der Waals surface area contributed by atoms with Crippen molar-refractivity contribution in [3.63, 3.8) is 0 Å². The van der Waals surface area contributed by atoms with Gasteiger partial charge in [-0.25, -0.2) is 4.98 Å². The molecule has 2 amide bonds. The Morgan fingerprint density at radius 1 is 1.00 bits per heavy atom. The molecule has 0 radical (unpaired) electrons. The summed E-state index contributed by atoms with van der Waals surface area (Å²) in [6.07, 6.45) is 6.29. The van der Waals surface area contributed by atoms with Gasteiger partial charge < -0.3 is 10.6 Å². The molecule has 1 saturated carbocycles. The maximum absolute atomic E-state index is 12.8. The lowest BCUT2D eigenvalue weighted by molar-refractivity contribution is -0.118. The molecule has 5 nitrogen and oxygen atoms in total. The zero-order valence-electron chi connectivity index (χ0n) is 17.4. The van der Waals surface area contributed by atoms with Crippen LogP contribution >= 0.6 is 23.1 Å². The second kappa shape index (κ2) is 10.8. The Morgan fingerprint density at radius 2 is 1.77 bits per heavy atom. The highest BCUT2D eigenvalue weighted by Gasteiger charge is 2.16. The molecule has 1 heterocycles. The van der Waals surface area contributed by atoms with Crippen molar-refractivity contribution in [3.05, 3.63) is 59.1 Å². The smallest absolute Gasteiger partial charge is 0.252 e. The molecular weight excluding hydrogens is 426 g/mol. The molecule has 4 rings (SSSR count). The topological polar surface area (TPSA) is 71.1 Å². The summed E-state index contributed by atoms with van der Waals surface area (Å²) < 4.78 is 1.11. The normalized spacial score (nSPS) is 14.5. The van der Waals surface area contributed by atoms with Crippen LogP contribution in [0.25, 0.3) is 10.2 Å². The number of aromatic nitrogens is 1. The highest BCUT2D eigenvalue weighted by Crippen LogP contribution is 2.25. The number of carbonyl (C=O) groups is 2. The van der Waals surface area contributed by atoms with Gasteiger partial charge in [0.05, 0.1) is 28.1 Å². The largest absolute Gasteiger partial charge is 0.355 e. The summed E-state index contributed by atoms with van der Waals surface area (Å²) in [5, 5.41) is 6.91. The van der Waals surface area contributed by atoms with E-state index in [1.165, 1.54) is 43.9 Å². The first-order valence-corrected chi connectivity index (χ1v) is 12.6. The quantitative estimate of drug-likeness (QED) is 0.470. The molecule has 1 fully saturated rings. The summed E-state index contributed by atoms with van der Waals surface area (Å²) >= 11 is 3.00. The molecule has 31 heavy (non-hydrogen) atoms. The molecule has 0 saturated heterocycles. The van der Waals surface area contributed by atoms with E-state index < -0.39 is 0 Å². The number of hydrogen-bond donors (Lipinski definition) is 2. The van der Waals surface area contributed by atoms with Crippen LogP contribution in [0.15, 0.2) is 53.4 Å². The van der Waals surface area contributed by atoms with Crippen LogP contribution in [0, 0.1) is 5.92 Å². The van der Waals surface area contributed by atoms with Crippen molar-refractivity contribution in [1.82, 2.24) is 15.6 Å². The van der Waals surface area contributed by atoms with Crippen LogP contribution in [0.1, 0.15) is 47.5 Å². The van der Waals surface area contributed by atoms with E-state index in [9.17, 15) is 9.59 Å². The van der Waals surface area contributed by atoms with Gasteiger partial charge in [0.15, 0.2) is 0 Å². The molecule has 3 aromatic rings. The van der Waals surface area contributed by atoms with Crippen molar-refractivity contribution in [1.29, 1.82) is 0 Å².